The molecule has 2 amide bonds. The Morgan fingerprint density at radius 3 is 2.14 bits per heavy atom. The summed E-state index contributed by atoms with van der Waals surface area (Å²) in [5, 5.41) is 14.4. The third-order valence-corrected chi connectivity index (χ3v) is 6.42. The van der Waals surface area contributed by atoms with E-state index in [1.165, 1.54) is 12.4 Å². The minimum Gasteiger partial charge on any atom is -0.481 e. The van der Waals surface area contributed by atoms with Crippen LogP contribution >= 0.6 is 0 Å². The van der Waals surface area contributed by atoms with Gasteiger partial charge < -0.3 is 20.5 Å². The summed E-state index contributed by atoms with van der Waals surface area (Å²) in [6.07, 6.45) is 3.28. The predicted octanol–water partition coefficient (Wildman–Crippen LogP) is 3.25. The molecule has 0 atom stereocenters. The molecule has 2 aliphatic carbocycles. The van der Waals surface area contributed by atoms with E-state index in [0.29, 0.717) is 18.7 Å². The van der Waals surface area contributed by atoms with Gasteiger partial charge in [-0.1, -0.05) is 48.5 Å². The largest absolute Gasteiger partial charge is 0.481 e. The number of benzene rings is 2. The van der Waals surface area contributed by atoms with Gasteiger partial charge in [-0.25, -0.2) is 14.8 Å². The number of alkyl carbamates (subject to hydrolysis) is 1. The molecule has 3 N–H and O–H groups in total. The van der Waals surface area contributed by atoms with Crippen LogP contribution in [0, 0.1) is 0 Å². The van der Waals surface area contributed by atoms with Gasteiger partial charge in [-0.2, -0.15) is 0 Å². The van der Waals surface area contributed by atoms with E-state index in [9.17, 15) is 14.4 Å². The number of carbonyl (C=O) groups is 3. The van der Waals surface area contributed by atoms with Crippen LogP contribution in [0.4, 0.5) is 4.79 Å². The molecule has 2 aromatic carbocycles. The molecule has 1 saturated carbocycles. The first-order valence-electron chi connectivity index (χ1n) is 11.4. The lowest BCUT2D eigenvalue weighted by atomic mass is 9.98. The number of carbonyl (C=O) groups excluding carboxylic acids is 2. The standard InChI is InChI=1S/C26H24N4O5/c31-23(32)11-26(9-10-26)30-24(33)16-12-27-22(28-13-16)14-29-25(34)35-15-21-19-7-3-1-5-17(19)18-6-2-4-8-20(18)21/h1-8,12-13,21H,9-11,14-15H2,(H,29,34)(H,30,33)(H,31,32). The second kappa shape index (κ2) is 9.17. The molecule has 9 nitrogen and oxygen atoms in total. The second-order valence-corrected chi connectivity index (χ2v) is 8.87. The van der Waals surface area contributed by atoms with Gasteiger partial charge in [0.2, 0.25) is 0 Å². The zero-order chi connectivity index (χ0) is 24.4. The number of hydrogen-bond donors (Lipinski definition) is 3. The molecule has 9 heteroatoms. The number of nitrogens with zero attached hydrogens (tertiary/aromatic N) is 2. The summed E-state index contributed by atoms with van der Waals surface area (Å²) in [6, 6.07) is 16.2. The normalized spacial score (nSPS) is 15.0. The van der Waals surface area contributed by atoms with Crippen LogP contribution in [-0.2, 0) is 16.1 Å². The van der Waals surface area contributed by atoms with Gasteiger partial charge in [-0.3, -0.25) is 9.59 Å². The number of ether oxygens (including phenoxy) is 1. The van der Waals surface area contributed by atoms with E-state index in [2.05, 4.69) is 44.9 Å². The molecule has 5 rings (SSSR count). The molecule has 0 radical (unpaired) electrons. The summed E-state index contributed by atoms with van der Waals surface area (Å²) in [5.41, 5.74) is 4.14. The first kappa shape index (κ1) is 22.5. The van der Waals surface area contributed by atoms with Crippen LogP contribution in [0.25, 0.3) is 11.1 Å². The Morgan fingerprint density at radius 1 is 0.971 bits per heavy atom. The van der Waals surface area contributed by atoms with E-state index in [-0.39, 0.29) is 31.1 Å². The van der Waals surface area contributed by atoms with Crippen LogP contribution in [0.3, 0.4) is 0 Å². The molecule has 1 aromatic heterocycles. The summed E-state index contributed by atoms with van der Waals surface area (Å²) in [6.45, 7) is 0.249. The number of rotatable bonds is 8. The van der Waals surface area contributed by atoms with Gasteiger partial charge in [0.25, 0.3) is 5.91 Å². The van der Waals surface area contributed by atoms with Crippen LogP contribution in [0.15, 0.2) is 60.9 Å². The molecule has 1 fully saturated rings. The fourth-order valence-corrected chi connectivity index (χ4v) is 4.46. The lowest BCUT2D eigenvalue weighted by Gasteiger charge is -2.15. The van der Waals surface area contributed by atoms with Gasteiger partial charge >= 0.3 is 12.1 Å². The number of carboxylic acid groups (broad SMARTS) is 1. The zero-order valence-corrected chi connectivity index (χ0v) is 18.9. The Balaban J connectivity index is 1.13. The highest BCUT2D eigenvalue weighted by Crippen LogP contribution is 2.44. The molecular formula is C26H24N4O5. The molecular weight excluding hydrogens is 448 g/mol. The van der Waals surface area contributed by atoms with Crippen molar-refractivity contribution in [3.8, 4) is 11.1 Å². The van der Waals surface area contributed by atoms with Crippen molar-refractivity contribution in [3.05, 3.63) is 83.4 Å². The average molecular weight is 473 g/mol. The minimum atomic E-state index is -0.950. The fourth-order valence-electron chi connectivity index (χ4n) is 4.46. The van der Waals surface area contributed by atoms with Gasteiger partial charge in [0.05, 0.1) is 24.1 Å². The maximum atomic E-state index is 12.4. The van der Waals surface area contributed by atoms with Crippen LogP contribution in [0.5, 0.6) is 0 Å². The molecule has 0 saturated heterocycles. The van der Waals surface area contributed by atoms with Crippen molar-refractivity contribution in [1.29, 1.82) is 0 Å². The molecule has 0 spiro atoms. The molecule has 178 valence electrons. The Kier molecular flexibility index (Phi) is 5.90. The number of nitrogens with one attached hydrogen (secondary N) is 2. The van der Waals surface area contributed by atoms with Crippen molar-refractivity contribution in [2.45, 2.75) is 37.3 Å². The highest BCUT2D eigenvalue weighted by atomic mass is 16.5. The summed E-state index contributed by atoms with van der Waals surface area (Å²) < 4.78 is 5.50. The fraction of sp³-hybridized carbons (Fsp3) is 0.269. The van der Waals surface area contributed by atoms with E-state index in [1.54, 1.807) is 0 Å². The Bertz CT molecular complexity index is 1240. The van der Waals surface area contributed by atoms with Gasteiger partial charge in [0, 0.05) is 18.3 Å². The highest BCUT2D eigenvalue weighted by Gasteiger charge is 2.46. The maximum absolute atomic E-state index is 12.4. The topological polar surface area (TPSA) is 131 Å². The monoisotopic (exact) mass is 472 g/mol. The first-order valence-corrected chi connectivity index (χ1v) is 11.4. The molecule has 35 heavy (non-hydrogen) atoms. The van der Waals surface area contributed by atoms with Crippen molar-refractivity contribution in [2.75, 3.05) is 6.61 Å². The second-order valence-electron chi connectivity index (χ2n) is 8.87. The van der Waals surface area contributed by atoms with E-state index < -0.39 is 23.5 Å². The number of fused-ring (bicyclic) bond motifs is 3. The minimum absolute atomic E-state index is 0.0296. The first-order chi connectivity index (χ1) is 16.9. The number of amides is 2. The Labute approximate surface area is 201 Å². The lowest BCUT2D eigenvalue weighted by molar-refractivity contribution is -0.137. The van der Waals surface area contributed by atoms with E-state index in [4.69, 9.17) is 9.84 Å². The van der Waals surface area contributed by atoms with Gasteiger partial charge in [0.1, 0.15) is 12.4 Å². The molecule has 2 aliphatic rings. The molecule has 1 heterocycles. The Morgan fingerprint density at radius 2 is 1.57 bits per heavy atom. The summed E-state index contributed by atoms with van der Waals surface area (Å²) in [5.74, 6) is -1.08. The zero-order valence-electron chi connectivity index (χ0n) is 18.9. The average Bonchev–Trinajstić information content (AvgIpc) is 3.53. The van der Waals surface area contributed by atoms with Crippen LogP contribution < -0.4 is 10.6 Å². The number of aromatic nitrogens is 2. The van der Waals surface area contributed by atoms with Crippen molar-refractivity contribution in [1.82, 2.24) is 20.6 Å². The van der Waals surface area contributed by atoms with Crippen molar-refractivity contribution in [2.24, 2.45) is 0 Å². The molecule has 0 bridgehead atoms. The van der Waals surface area contributed by atoms with E-state index in [0.717, 1.165) is 22.3 Å². The Hall–Kier alpha value is -4.27. The lowest BCUT2D eigenvalue weighted by Crippen LogP contribution is -2.38. The maximum Gasteiger partial charge on any atom is 0.407 e. The number of hydrogen-bond acceptors (Lipinski definition) is 6. The van der Waals surface area contributed by atoms with Gasteiger partial charge in [0.15, 0.2) is 0 Å². The van der Waals surface area contributed by atoms with E-state index >= 15 is 0 Å². The molecule has 0 aliphatic heterocycles. The number of aliphatic carboxylic acids is 1. The predicted molar refractivity (Wildman–Crippen MR) is 126 cm³/mol. The summed E-state index contributed by atoms with van der Waals surface area (Å²) >= 11 is 0. The number of carboxylic acids is 1. The SMILES string of the molecule is O=C(O)CC1(NC(=O)c2cnc(CNC(=O)OCC3c4ccccc4-c4ccccc43)nc2)CC1. The highest BCUT2D eigenvalue weighted by molar-refractivity contribution is 5.94. The van der Waals surface area contributed by atoms with Crippen LogP contribution in [0.2, 0.25) is 0 Å². The summed E-state index contributed by atoms with van der Waals surface area (Å²) in [4.78, 5) is 43.9. The quantitative estimate of drug-likeness (QED) is 0.459. The third-order valence-electron chi connectivity index (χ3n) is 6.42. The van der Waals surface area contributed by atoms with Crippen molar-refractivity contribution < 1.29 is 24.2 Å². The van der Waals surface area contributed by atoms with Gasteiger partial charge in [-0.15, -0.1) is 0 Å². The third kappa shape index (κ3) is 4.84. The van der Waals surface area contributed by atoms with Crippen LogP contribution in [-0.4, -0.2) is 45.2 Å². The van der Waals surface area contributed by atoms with Crippen LogP contribution in [0.1, 0.15) is 52.5 Å². The van der Waals surface area contributed by atoms with Gasteiger partial charge in [-0.05, 0) is 35.1 Å². The summed E-state index contributed by atoms with van der Waals surface area (Å²) in [7, 11) is 0. The van der Waals surface area contributed by atoms with E-state index in [1.807, 2.05) is 24.3 Å². The molecule has 0 unspecified atom stereocenters. The molecule has 3 aromatic rings. The van der Waals surface area contributed by atoms with Crippen molar-refractivity contribution in [3.63, 3.8) is 0 Å². The van der Waals surface area contributed by atoms with Crippen molar-refractivity contribution >= 4 is 18.0 Å². The smallest absolute Gasteiger partial charge is 0.407 e.